The van der Waals surface area contributed by atoms with Gasteiger partial charge < -0.3 is 15.5 Å². The van der Waals surface area contributed by atoms with Crippen LogP contribution in [-0.2, 0) is 0 Å². The second kappa shape index (κ2) is 6.74. The van der Waals surface area contributed by atoms with Crippen LogP contribution in [0.25, 0.3) is 0 Å². The van der Waals surface area contributed by atoms with E-state index in [0.29, 0.717) is 9.99 Å². The summed E-state index contributed by atoms with van der Waals surface area (Å²) in [5.74, 6) is -0.388. The number of aromatic hydroxyl groups is 1. The lowest BCUT2D eigenvalue weighted by Crippen LogP contribution is -2.31. The van der Waals surface area contributed by atoms with Crippen LogP contribution in [0, 0.1) is 7.14 Å². The van der Waals surface area contributed by atoms with E-state index in [1.165, 1.54) is 0 Å². The van der Waals surface area contributed by atoms with Crippen LogP contribution in [0.3, 0.4) is 0 Å². The van der Waals surface area contributed by atoms with Crippen molar-refractivity contribution >= 4 is 51.1 Å². The fourth-order valence-electron chi connectivity index (χ4n) is 1.19. The number of benzene rings is 1. The van der Waals surface area contributed by atoms with Crippen molar-refractivity contribution in [2.45, 2.75) is 19.4 Å². The zero-order chi connectivity index (χ0) is 13.0. The van der Waals surface area contributed by atoms with Gasteiger partial charge in [-0.3, -0.25) is 4.79 Å². The molecular weight excluding hydrogens is 448 g/mol. The van der Waals surface area contributed by atoms with E-state index in [1.807, 2.05) is 29.5 Å². The van der Waals surface area contributed by atoms with Crippen molar-refractivity contribution in [1.82, 2.24) is 5.32 Å². The van der Waals surface area contributed by atoms with Gasteiger partial charge >= 0.3 is 0 Å². The van der Waals surface area contributed by atoms with E-state index in [1.54, 1.807) is 12.1 Å². The molecule has 3 N–H and O–H groups in total. The fraction of sp³-hybridized carbons (Fsp3) is 0.364. The number of amides is 1. The lowest BCUT2D eigenvalue weighted by atomic mass is 10.2. The van der Waals surface area contributed by atoms with Gasteiger partial charge in [0.25, 0.3) is 5.91 Å². The number of aliphatic hydroxyl groups excluding tert-OH is 1. The molecule has 0 saturated heterocycles. The number of phenols is 1. The third kappa shape index (κ3) is 4.25. The van der Waals surface area contributed by atoms with Gasteiger partial charge in [0.15, 0.2) is 0 Å². The van der Waals surface area contributed by atoms with Crippen LogP contribution < -0.4 is 5.32 Å². The summed E-state index contributed by atoms with van der Waals surface area (Å²) in [6.45, 7) is 2.03. The maximum Gasteiger partial charge on any atom is 0.255 e. The Balaban J connectivity index is 2.82. The molecule has 0 heterocycles. The first-order valence-corrected chi connectivity index (χ1v) is 7.25. The summed E-state index contributed by atoms with van der Waals surface area (Å²) in [4.78, 5) is 11.8. The van der Waals surface area contributed by atoms with Crippen LogP contribution in [0.1, 0.15) is 23.7 Å². The van der Waals surface area contributed by atoms with E-state index < -0.39 is 6.10 Å². The van der Waals surface area contributed by atoms with E-state index in [0.717, 1.165) is 3.57 Å². The van der Waals surface area contributed by atoms with E-state index >= 15 is 0 Å². The SMILES string of the molecule is CCC(O)CNC(=O)c1cc(I)cc(I)c1O. The molecule has 1 aromatic carbocycles. The minimum atomic E-state index is -0.553. The normalized spacial score (nSPS) is 12.2. The highest BCUT2D eigenvalue weighted by molar-refractivity contribution is 14.1. The molecule has 0 saturated carbocycles. The summed E-state index contributed by atoms with van der Waals surface area (Å²) >= 11 is 4.06. The second-order valence-electron chi connectivity index (χ2n) is 3.56. The van der Waals surface area contributed by atoms with Crippen molar-refractivity contribution in [3.8, 4) is 5.75 Å². The maximum absolute atomic E-state index is 11.8. The Kier molecular flexibility index (Phi) is 5.93. The highest BCUT2D eigenvalue weighted by Crippen LogP contribution is 2.26. The van der Waals surface area contributed by atoms with Gasteiger partial charge in [-0.2, -0.15) is 0 Å². The summed E-state index contributed by atoms with van der Waals surface area (Å²) in [5, 5.41) is 21.7. The monoisotopic (exact) mass is 461 g/mol. The summed E-state index contributed by atoms with van der Waals surface area (Å²) in [7, 11) is 0. The zero-order valence-corrected chi connectivity index (χ0v) is 13.5. The Hall–Kier alpha value is -0.0900. The quantitative estimate of drug-likeness (QED) is 0.603. The number of rotatable bonds is 4. The highest BCUT2D eigenvalue weighted by atomic mass is 127. The van der Waals surface area contributed by atoms with Crippen molar-refractivity contribution in [1.29, 1.82) is 0 Å². The molecule has 0 aliphatic heterocycles. The van der Waals surface area contributed by atoms with Gasteiger partial charge in [-0.15, -0.1) is 0 Å². The molecule has 0 aromatic heterocycles. The number of hydrogen-bond acceptors (Lipinski definition) is 3. The van der Waals surface area contributed by atoms with Gasteiger partial charge in [-0.1, -0.05) is 6.92 Å². The first-order valence-electron chi connectivity index (χ1n) is 5.10. The predicted octanol–water partition coefficient (Wildman–Crippen LogP) is 2.10. The number of carbonyl (C=O) groups excluding carboxylic acids is 1. The molecule has 1 atom stereocenters. The molecule has 6 heteroatoms. The molecule has 94 valence electrons. The highest BCUT2D eigenvalue weighted by Gasteiger charge is 2.15. The lowest BCUT2D eigenvalue weighted by Gasteiger charge is -2.11. The average Bonchev–Trinajstić information content (AvgIpc) is 2.30. The second-order valence-corrected chi connectivity index (χ2v) is 5.96. The number of phenolic OH excluding ortho intramolecular Hbond substituents is 1. The van der Waals surface area contributed by atoms with E-state index in [-0.39, 0.29) is 23.8 Å². The number of nitrogens with one attached hydrogen (secondary N) is 1. The summed E-state index contributed by atoms with van der Waals surface area (Å²) in [6.07, 6.45) is 0.0267. The zero-order valence-electron chi connectivity index (χ0n) is 9.20. The minimum Gasteiger partial charge on any atom is -0.506 e. The van der Waals surface area contributed by atoms with Gasteiger partial charge in [-0.25, -0.2) is 0 Å². The Morgan fingerprint density at radius 2 is 2.12 bits per heavy atom. The molecule has 17 heavy (non-hydrogen) atoms. The van der Waals surface area contributed by atoms with Crippen LogP contribution in [0.2, 0.25) is 0 Å². The van der Waals surface area contributed by atoms with Gasteiger partial charge in [0.05, 0.1) is 15.2 Å². The molecule has 1 amide bonds. The van der Waals surface area contributed by atoms with Crippen molar-refractivity contribution in [3.05, 3.63) is 24.8 Å². The summed E-state index contributed by atoms with van der Waals surface area (Å²) in [6, 6.07) is 3.40. The molecule has 0 aliphatic carbocycles. The Morgan fingerprint density at radius 1 is 1.47 bits per heavy atom. The van der Waals surface area contributed by atoms with Gasteiger partial charge in [0, 0.05) is 10.1 Å². The van der Waals surface area contributed by atoms with E-state index in [4.69, 9.17) is 0 Å². The van der Waals surface area contributed by atoms with Crippen molar-refractivity contribution in [2.75, 3.05) is 6.54 Å². The first-order chi connectivity index (χ1) is 7.95. The van der Waals surface area contributed by atoms with Crippen molar-refractivity contribution < 1.29 is 15.0 Å². The number of hydrogen-bond donors (Lipinski definition) is 3. The molecule has 4 nitrogen and oxygen atoms in total. The molecule has 0 aliphatic rings. The van der Waals surface area contributed by atoms with Crippen molar-refractivity contribution in [2.24, 2.45) is 0 Å². The van der Waals surface area contributed by atoms with Gasteiger partial charge in [0.1, 0.15) is 5.75 Å². The third-order valence-electron chi connectivity index (χ3n) is 2.24. The number of halogens is 2. The largest absolute Gasteiger partial charge is 0.506 e. The standard InChI is InChI=1S/C11H13I2NO3/c1-2-7(15)5-14-11(17)8-3-6(12)4-9(13)10(8)16/h3-4,7,15-16H,2,5H2,1H3,(H,14,17). The Labute approximate surface area is 127 Å². The molecule has 0 fully saturated rings. The molecule has 0 radical (unpaired) electrons. The number of carbonyl (C=O) groups is 1. The van der Waals surface area contributed by atoms with E-state index in [2.05, 4.69) is 27.9 Å². The first kappa shape index (κ1) is 15.0. The molecule has 1 unspecified atom stereocenters. The molecule has 0 bridgehead atoms. The van der Waals surface area contributed by atoms with Crippen LogP contribution in [0.15, 0.2) is 12.1 Å². The van der Waals surface area contributed by atoms with E-state index in [9.17, 15) is 15.0 Å². The smallest absolute Gasteiger partial charge is 0.255 e. The lowest BCUT2D eigenvalue weighted by molar-refractivity contribution is 0.0911. The van der Waals surface area contributed by atoms with Gasteiger partial charge in [-0.05, 0) is 63.7 Å². The van der Waals surface area contributed by atoms with Crippen LogP contribution in [0.5, 0.6) is 5.75 Å². The molecule has 1 aromatic rings. The Morgan fingerprint density at radius 3 is 2.71 bits per heavy atom. The maximum atomic E-state index is 11.8. The molecule has 1 rings (SSSR count). The van der Waals surface area contributed by atoms with Gasteiger partial charge in [0.2, 0.25) is 0 Å². The summed E-state index contributed by atoms with van der Waals surface area (Å²) in [5.41, 5.74) is 0.240. The molecular formula is C11H13I2NO3. The Bertz CT molecular complexity index is 423. The third-order valence-corrected chi connectivity index (χ3v) is 3.69. The minimum absolute atomic E-state index is 0.0190. The number of aliphatic hydroxyl groups is 1. The van der Waals surface area contributed by atoms with Crippen LogP contribution in [-0.4, -0.2) is 28.8 Å². The topological polar surface area (TPSA) is 69.6 Å². The summed E-state index contributed by atoms with van der Waals surface area (Å²) < 4.78 is 1.52. The molecule has 0 spiro atoms. The fourth-order valence-corrected chi connectivity index (χ4v) is 3.03. The van der Waals surface area contributed by atoms with Crippen LogP contribution >= 0.6 is 45.2 Å². The van der Waals surface area contributed by atoms with Crippen LogP contribution in [0.4, 0.5) is 0 Å². The average molecular weight is 461 g/mol. The van der Waals surface area contributed by atoms with Crippen molar-refractivity contribution in [3.63, 3.8) is 0 Å². The predicted molar refractivity (Wildman–Crippen MR) is 82.2 cm³/mol.